The molecule has 198 valence electrons. The van der Waals surface area contributed by atoms with Crippen molar-refractivity contribution in [3.63, 3.8) is 0 Å². The van der Waals surface area contributed by atoms with Gasteiger partial charge in [0.05, 0.1) is 12.3 Å². The molecule has 1 saturated carbocycles. The van der Waals surface area contributed by atoms with E-state index in [2.05, 4.69) is 74.3 Å². The molecule has 0 N–H and O–H groups in total. The number of piperidine rings is 1. The normalized spacial score (nSPS) is 23.9. The number of likely N-dealkylation sites (tertiary alicyclic amines) is 1. The molecule has 1 aromatic heterocycles. The van der Waals surface area contributed by atoms with Crippen LogP contribution in [0.1, 0.15) is 111 Å². The first-order chi connectivity index (χ1) is 16.8. The minimum absolute atomic E-state index is 0.436. The second-order valence-corrected chi connectivity index (χ2v) is 12.2. The van der Waals surface area contributed by atoms with Crippen LogP contribution in [0.3, 0.4) is 0 Å². The lowest BCUT2D eigenvalue weighted by Gasteiger charge is -2.37. The monoisotopic (exact) mass is 483 g/mol. The minimum atomic E-state index is 0.436. The predicted octanol–water partition coefficient (Wildman–Crippen LogP) is 7.15. The summed E-state index contributed by atoms with van der Waals surface area (Å²) in [5, 5.41) is 4.56. The maximum absolute atomic E-state index is 6.02. The molecule has 0 radical (unpaired) electrons. The van der Waals surface area contributed by atoms with Crippen molar-refractivity contribution in [2.45, 2.75) is 124 Å². The van der Waals surface area contributed by atoms with Crippen LogP contribution in [0.4, 0.5) is 0 Å². The molecule has 3 rings (SSSR count). The molecule has 2 fully saturated rings. The van der Waals surface area contributed by atoms with Gasteiger partial charge in [-0.15, -0.1) is 0 Å². The Kier molecular flexibility index (Phi) is 11.7. The van der Waals surface area contributed by atoms with Crippen LogP contribution < -0.4 is 0 Å². The van der Waals surface area contributed by atoms with Gasteiger partial charge in [0.1, 0.15) is 6.61 Å². The first-order valence-corrected chi connectivity index (χ1v) is 14.7. The molecule has 35 heavy (non-hydrogen) atoms. The fraction of sp³-hybridized carbons (Fsp3) is 0.839. The zero-order valence-corrected chi connectivity index (χ0v) is 23.6. The Balaban J connectivity index is 1.27. The van der Waals surface area contributed by atoms with Crippen molar-refractivity contribution in [1.82, 2.24) is 14.7 Å². The zero-order valence-electron chi connectivity index (χ0n) is 23.6. The second kappa shape index (κ2) is 14.4. The largest absolute Gasteiger partial charge is 0.366 e. The summed E-state index contributed by atoms with van der Waals surface area (Å²) in [7, 11) is 0. The van der Waals surface area contributed by atoms with E-state index in [1.807, 2.05) is 6.20 Å². The van der Waals surface area contributed by atoms with Gasteiger partial charge in [-0.1, -0.05) is 46.5 Å². The van der Waals surface area contributed by atoms with Gasteiger partial charge in [0.25, 0.3) is 0 Å². The Hall–Kier alpha value is -1.31. The number of ether oxygens (including phenoxy) is 1. The molecule has 1 aliphatic heterocycles. The van der Waals surface area contributed by atoms with E-state index < -0.39 is 0 Å². The van der Waals surface area contributed by atoms with E-state index in [0.29, 0.717) is 24.5 Å². The maximum atomic E-state index is 6.02. The van der Waals surface area contributed by atoms with Crippen LogP contribution in [-0.2, 0) is 11.3 Å². The molecular formula is C31H53N3O. The van der Waals surface area contributed by atoms with Crippen molar-refractivity contribution < 1.29 is 4.74 Å². The van der Waals surface area contributed by atoms with Gasteiger partial charge >= 0.3 is 0 Å². The summed E-state index contributed by atoms with van der Waals surface area (Å²) in [6.45, 7) is 18.0. The van der Waals surface area contributed by atoms with E-state index in [4.69, 9.17) is 4.74 Å². The highest BCUT2D eigenvalue weighted by Gasteiger charge is 2.27. The van der Waals surface area contributed by atoms with Crippen LogP contribution >= 0.6 is 0 Å². The van der Waals surface area contributed by atoms with Crippen molar-refractivity contribution in [2.24, 2.45) is 23.7 Å². The fourth-order valence-corrected chi connectivity index (χ4v) is 5.95. The molecular weight excluding hydrogens is 430 g/mol. The van der Waals surface area contributed by atoms with Crippen LogP contribution in [0.5, 0.6) is 0 Å². The number of rotatable bonds is 11. The molecule has 0 spiro atoms. The van der Waals surface area contributed by atoms with Gasteiger partial charge in [-0.3, -0.25) is 4.68 Å². The van der Waals surface area contributed by atoms with Gasteiger partial charge < -0.3 is 9.64 Å². The van der Waals surface area contributed by atoms with E-state index in [1.54, 1.807) is 0 Å². The number of hydrogen-bond acceptors (Lipinski definition) is 3. The Morgan fingerprint density at radius 2 is 1.69 bits per heavy atom. The van der Waals surface area contributed by atoms with Crippen LogP contribution in [0, 0.1) is 35.5 Å². The van der Waals surface area contributed by atoms with Crippen molar-refractivity contribution in [2.75, 3.05) is 19.7 Å². The standard InChI is InChI=1S/C31H53N3O/c1-24(2)8-7-21-35-31-13-11-29(12-14-31)26(5)9-10-27(6)33-18-15-28(16-19-33)17-20-34-23-30(22-32-34)25(3)4/h22-29,31H,9-21H2,1-6H3. The lowest BCUT2D eigenvalue weighted by Crippen LogP contribution is -2.40. The Labute approximate surface area is 216 Å². The molecule has 2 atom stereocenters. The summed E-state index contributed by atoms with van der Waals surface area (Å²) >= 11 is 0. The van der Waals surface area contributed by atoms with Crippen molar-refractivity contribution in [3.05, 3.63) is 18.0 Å². The van der Waals surface area contributed by atoms with Gasteiger partial charge in [-0.25, -0.2) is 0 Å². The molecule has 1 aliphatic carbocycles. The molecule has 4 nitrogen and oxygen atoms in total. The Morgan fingerprint density at radius 1 is 0.971 bits per heavy atom. The number of nitrogens with zero attached hydrogens (tertiary/aromatic N) is 3. The van der Waals surface area contributed by atoms with Crippen molar-refractivity contribution in [1.29, 1.82) is 0 Å². The van der Waals surface area contributed by atoms with Gasteiger partial charge in [-0.2, -0.15) is 5.10 Å². The zero-order chi connectivity index (χ0) is 25.2. The number of aryl methyl sites for hydroxylation is 1. The SMILES string of the molecule is CC(C)C#CCOC1CCC(C(C)CCC(C)N2CCC(CCn3cc(C(C)C)cn3)CC2)CC1. The van der Waals surface area contributed by atoms with Crippen LogP contribution in [0.2, 0.25) is 0 Å². The topological polar surface area (TPSA) is 30.3 Å². The van der Waals surface area contributed by atoms with E-state index in [0.717, 1.165) is 30.3 Å². The Morgan fingerprint density at radius 3 is 2.31 bits per heavy atom. The quantitative estimate of drug-likeness (QED) is 0.313. The molecule has 1 aromatic rings. The third kappa shape index (κ3) is 9.58. The van der Waals surface area contributed by atoms with E-state index in [-0.39, 0.29) is 0 Å². The van der Waals surface area contributed by atoms with Gasteiger partial charge in [0, 0.05) is 24.7 Å². The summed E-state index contributed by atoms with van der Waals surface area (Å²) < 4.78 is 8.17. The van der Waals surface area contributed by atoms with Crippen molar-refractivity contribution in [3.8, 4) is 11.8 Å². The second-order valence-electron chi connectivity index (χ2n) is 12.2. The smallest absolute Gasteiger partial charge is 0.108 e. The van der Waals surface area contributed by atoms with Crippen molar-refractivity contribution >= 4 is 0 Å². The van der Waals surface area contributed by atoms with Gasteiger partial charge in [-0.05, 0) is 107 Å². The third-order valence-corrected chi connectivity index (χ3v) is 8.70. The molecule has 0 bridgehead atoms. The summed E-state index contributed by atoms with van der Waals surface area (Å²) in [5.41, 5.74) is 1.36. The lowest BCUT2D eigenvalue weighted by molar-refractivity contribution is 0.0284. The molecule has 0 amide bonds. The van der Waals surface area contributed by atoms with Crippen LogP contribution in [-0.4, -0.2) is 46.5 Å². The highest BCUT2D eigenvalue weighted by atomic mass is 16.5. The predicted molar refractivity (Wildman–Crippen MR) is 147 cm³/mol. The number of aromatic nitrogens is 2. The molecule has 2 unspecified atom stereocenters. The van der Waals surface area contributed by atoms with Crippen LogP contribution in [0.25, 0.3) is 0 Å². The molecule has 1 saturated heterocycles. The first kappa shape index (κ1) is 28.3. The highest BCUT2D eigenvalue weighted by molar-refractivity contribution is 5.08. The summed E-state index contributed by atoms with van der Waals surface area (Å²) in [6.07, 6.45) is 16.5. The van der Waals surface area contributed by atoms with E-state index in [1.165, 1.54) is 76.4 Å². The first-order valence-electron chi connectivity index (χ1n) is 14.7. The Bertz CT molecular complexity index is 773. The molecule has 2 aliphatic rings. The van der Waals surface area contributed by atoms with Crippen LogP contribution in [0.15, 0.2) is 12.4 Å². The maximum Gasteiger partial charge on any atom is 0.108 e. The minimum Gasteiger partial charge on any atom is -0.366 e. The summed E-state index contributed by atoms with van der Waals surface area (Å²) in [6, 6.07) is 0.720. The van der Waals surface area contributed by atoms with Gasteiger partial charge in [0.2, 0.25) is 0 Å². The molecule has 2 heterocycles. The fourth-order valence-electron chi connectivity index (χ4n) is 5.95. The summed E-state index contributed by atoms with van der Waals surface area (Å²) in [4.78, 5) is 2.76. The molecule has 4 heteroatoms. The average Bonchev–Trinajstić information content (AvgIpc) is 3.34. The highest BCUT2D eigenvalue weighted by Crippen LogP contribution is 2.34. The third-order valence-electron chi connectivity index (χ3n) is 8.70. The van der Waals surface area contributed by atoms with Gasteiger partial charge in [0.15, 0.2) is 0 Å². The van der Waals surface area contributed by atoms with E-state index >= 15 is 0 Å². The number of hydrogen-bond donors (Lipinski definition) is 0. The summed E-state index contributed by atoms with van der Waals surface area (Å²) in [5.74, 6) is 9.96. The lowest BCUT2D eigenvalue weighted by atomic mass is 9.77. The van der Waals surface area contributed by atoms with E-state index in [9.17, 15) is 0 Å². The molecule has 0 aromatic carbocycles. The average molecular weight is 484 g/mol.